The highest BCUT2D eigenvalue weighted by Gasteiger charge is 2.23. The molecule has 1 atom stereocenters. The second-order valence-corrected chi connectivity index (χ2v) is 6.92. The van der Waals surface area contributed by atoms with Crippen molar-refractivity contribution in [2.45, 2.75) is 17.9 Å². The molecule has 20 heavy (non-hydrogen) atoms. The minimum atomic E-state index is -3.73. The van der Waals surface area contributed by atoms with Gasteiger partial charge in [0.2, 0.25) is 10.0 Å². The Bertz CT molecular complexity index is 728. The third kappa shape index (κ3) is 3.00. The lowest BCUT2D eigenvalue weighted by Crippen LogP contribution is -2.29. The summed E-state index contributed by atoms with van der Waals surface area (Å²) < 4.78 is 29.5. The van der Waals surface area contributed by atoms with Gasteiger partial charge in [0.1, 0.15) is 17.0 Å². The van der Waals surface area contributed by atoms with Crippen LogP contribution in [-0.4, -0.2) is 23.2 Å². The predicted octanol–water partition coefficient (Wildman–Crippen LogP) is 1.20. The number of hydrogen-bond acceptors (Lipinski definition) is 5. The second-order valence-electron chi connectivity index (χ2n) is 4.33. The monoisotopic (exact) mass is 359 g/mol. The fourth-order valence-corrected chi connectivity index (χ4v) is 3.49. The van der Waals surface area contributed by atoms with E-state index >= 15 is 0 Å². The molecule has 0 saturated carbocycles. The highest BCUT2D eigenvalue weighted by atomic mass is 79.9. The molecule has 0 fully saturated rings. The average molecular weight is 360 g/mol. The Morgan fingerprint density at radius 3 is 2.70 bits per heavy atom. The van der Waals surface area contributed by atoms with Crippen molar-refractivity contribution in [2.24, 2.45) is 7.05 Å². The Hall–Kier alpha value is -1.45. The third-order valence-corrected chi connectivity index (χ3v) is 4.83. The number of hydrogen-bond donors (Lipinski definition) is 2. The van der Waals surface area contributed by atoms with Gasteiger partial charge in [0.05, 0.1) is 11.7 Å². The highest BCUT2D eigenvalue weighted by molar-refractivity contribution is 9.10. The van der Waals surface area contributed by atoms with Crippen LogP contribution < -0.4 is 10.5 Å². The Morgan fingerprint density at radius 2 is 2.15 bits per heavy atom. The van der Waals surface area contributed by atoms with Gasteiger partial charge < -0.3 is 10.3 Å². The largest absolute Gasteiger partial charge is 0.398 e. The SMILES string of the molecule is CC(NS(=O)(=O)c1ccc(Br)cc1N)c1nncn1C. The van der Waals surface area contributed by atoms with Gasteiger partial charge in [-0.3, -0.25) is 0 Å². The Kier molecular flexibility index (Phi) is 4.11. The molecular weight excluding hydrogens is 346 g/mol. The van der Waals surface area contributed by atoms with Crippen molar-refractivity contribution in [3.05, 3.63) is 34.8 Å². The Balaban J connectivity index is 2.30. The third-order valence-electron chi connectivity index (χ3n) is 2.73. The summed E-state index contributed by atoms with van der Waals surface area (Å²) in [4.78, 5) is 0.0368. The molecule has 3 N–H and O–H groups in total. The standard InChI is InChI=1S/C11H14BrN5O2S/c1-7(11-15-14-6-17(11)2)16-20(18,19)10-4-3-8(12)5-9(10)13/h3-7,16H,13H2,1-2H3. The van der Waals surface area contributed by atoms with Crippen LogP contribution in [0.5, 0.6) is 0 Å². The van der Waals surface area contributed by atoms with Gasteiger partial charge in [-0.2, -0.15) is 0 Å². The number of rotatable bonds is 4. The van der Waals surface area contributed by atoms with Crippen molar-refractivity contribution in [1.29, 1.82) is 0 Å². The summed E-state index contributed by atoms with van der Waals surface area (Å²) in [6.07, 6.45) is 1.51. The molecule has 0 saturated heterocycles. The van der Waals surface area contributed by atoms with Crippen molar-refractivity contribution >= 4 is 31.6 Å². The zero-order chi connectivity index (χ0) is 14.9. The van der Waals surface area contributed by atoms with E-state index in [1.807, 2.05) is 0 Å². The molecule has 7 nitrogen and oxygen atoms in total. The average Bonchev–Trinajstić information content (AvgIpc) is 2.74. The number of aromatic nitrogens is 3. The van der Waals surface area contributed by atoms with Gasteiger partial charge in [0, 0.05) is 11.5 Å². The van der Waals surface area contributed by atoms with Gasteiger partial charge in [-0.25, -0.2) is 13.1 Å². The lowest BCUT2D eigenvalue weighted by molar-refractivity contribution is 0.553. The van der Waals surface area contributed by atoms with Crippen LogP contribution in [0, 0.1) is 0 Å². The van der Waals surface area contributed by atoms with E-state index in [9.17, 15) is 8.42 Å². The van der Waals surface area contributed by atoms with Gasteiger partial charge in [-0.05, 0) is 25.1 Å². The van der Waals surface area contributed by atoms with Crippen molar-refractivity contribution in [2.75, 3.05) is 5.73 Å². The van der Waals surface area contributed by atoms with Gasteiger partial charge in [0.15, 0.2) is 0 Å². The highest BCUT2D eigenvalue weighted by Crippen LogP contribution is 2.24. The minimum Gasteiger partial charge on any atom is -0.398 e. The van der Waals surface area contributed by atoms with E-state index in [1.54, 1.807) is 30.7 Å². The van der Waals surface area contributed by atoms with Crippen molar-refractivity contribution in [1.82, 2.24) is 19.5 Å². The maximum absolute atomic E-state index is 12.3. The molecule has 0 spiro atoms. The molecular formula is C11H14BrN5O2S. The zero-order valence-corrected chi connectivity index (χ0v) is 13.3. The Labute approximate surface area is 125 Å². The first-order valence-electron chi connectivity index (χ1n) is 5.72. The molecule has 1 aromatic heterocycles. The van der Waals surface area contributed by atoms with E-state index in [2.05, 4.69) is 30.8 Å². The fraction of sp³-hybridized carbons (Fsp3) is 0.273. The van der Waals surface area contributed by atoms with E-state index < -0.39 is 16.1 Å². The summed E-state index contributed by atoms with van der Waals surface area (Å²) >= 11 is 3.24. The number of aryl methyl sites for hydroxylation is 1. The fourth-order valence-electron chi connectivity index (χ4n) is 1.80. The molecule has 1 heterocycles. The summed E-state index contributed by atoms with van der Waals surface area (Å²) in [6.45, 7) is 1.69. The van der Waals surface area contributed by atoms with Crippen LogP contribution >= 0.6 is 15.9 Å². The number of nitrogens with two attached hydrogens (primary N) is 1. The van der Waals surface area contributed by atoms with E-state index in [1.165, 1.54) is 12.4 Å². The summed E-state index contributed by atoms with van der Waals surface area (Å²) in [6, 6.07) is 4.10. The molecule has 2 aromatic rings. The number of nitrogen functional groups attached to an aromatic ring is 1. The van der Waals surface area contributed by atoms with Crippen LogP contribution in [-0.2, 0) is 17.1 Å². The van der Waals surface area contributed by atoms with Crippen molar-refractivity contribution in [3.8, 4) is 0 Å². The molecule has 0 aliphatic rings. The molecule has 0 aliphatic carbocycles. The molecule has 108 valence electrons. The van der Waals surface area contributed by atoms with Crippen LogP contribution in [0.1, 0.15) is 18.8 Å². The van der Waals surface area contributed by atoms with Crippen LogP contribution in [0.4, 0.5) is 5.69 Å². The van der Waals surface area contributed by atoms with E-state index in [-0.39, 0.29) is 10.6 Å². The van der Waals surface area contributed by atoms with Gasteiger partial charge in [-0.1, -0.05) is 15.9 Å². The van der Waals surface area contributed by atoms with Gasteiger partial charge >= 0.3 is 0 Å². The second kappa shape index (κ2) is 5.51. The number of sulfonamides is 1. The number of anilines is 1. The maximum atomic E-state index is 12.3. The van der Waals surface area contributed by atoms with E-state index in [0.29, 0.717) is 5.82 Å². The molecule has 0 amide bonds. The molecule has 0 radical (unpaired) electrons. The quantitative estimate of drug-likeness (QED) is 0.798. The van der Waals surface area contributed by atoms with Crippen molar-refractivity contribution < 1.29 is 8.42 Å². The van der Waals surface area contributed by atoms with Crippen LogP contribution in [0.3, 0.4) is 0 Å². The van der Waals surface area contributed by atoms with E-state index in [0.717, 1.165) is 4.47 Å². The molecule has 2 rings (SSSR count). The summed E-state index contributed by atoms with van der Waals surface area (Å²) in [5.41, 5.74) is 5.93. The smallest absolute Gasteiger partial charge is 0.243 e. The van der Waals surface area contributed by atoms with Gasteiger partial charge in [0.25, 0.3) is 0 Å². The summed E-state index contributed by atoms with van der Waals surface area (Å²) in [7, 11) is -1.98. The lowest BCUT2D eigenvalue weighted by atomic mass is 10.3. The Morgan fingerprint density at radius 1 is 1.45 bits per heavy atom. The number of nitrogens with zero attached hydrogens (tertiary/aromatic N) is 3. The first kappa shape index (κ1) is 14.9. The van der Waals surface area contributed by atoms with Crippen LogP contribution in [0.2, 0.25) is 0 Å². The van der Waals surface area contributed by atoms with Gasteiger partial charge in [-0.15, -0.1) is 10.2 Å². The normalized spacial score (nSPS) is 13.3. The molecule has 9 heteroatoms. The molecule has 1 unspecified atom stereocenters. The van der Waals surface area contributed by atoms with Crippen LogP contribution in [0.15, 0.2) is 33.9 Å². The lowest BCUT2D eigenvalue weighted by Gasteiger charge is -2.14. The predicted molar refractivity (Wildman–Crippen MR) is 78.3 cm³/mol. The summed E-state index contributed by atoms with van der Waals surface area (Å²) in [5.74, 6) is 0.518. The minimum absolute atomic E-state index is 0.0368. The number of benzene rings is 1. The maximum Gasteiger partial charge on any atom is 0.243 e. The molecule has 1 aromatic carbocycles. The van der Waals surface area contributed by atoms with Crippen LogP contribution in [0.25, 0.3) is 0 Å². The number of nitrogens with one attached hydrogen (secondary N) is 1. The summed E-state index contributed by atoms with van der Waals surface area (Å²) in [5, 5.41) is 7.60. The number of halogens is 1. The first-order chi connectivity index (χ1) is 9.31. The molecule has 0 bridgehead atoms. The van der Waals surface area contributed by atoms with E-state index in [4.69, 9.17) is 5.73 Å². The first-order valence-corrected chi connectivity index (χ1v) is 8.00. The topological polar surface area (TPSA) is 103 Å². The van der Waals surface area contributed by atoms with Crippen molar-refractivity contribution in [3.63, 3.8) is 0 Å². The molecule has 0 aliphatic heterocycles. The zero-order valence-electron chi connectivity index (χ0n) is 10.9.